The lowest BCUT2D eigenvalue weighted by Crippen LogP contribution is -2.49. The van der Waals surface area contributed by atoms with Gasteiger partial charge in [0.2, 0.25) is 6.10 Å². The second-order valence-electron chi connectivity index (χ2n) is 6.44. The molecule has 1 N–H and O–H groups in total. The molecule has 0 radical (unpaired) electrons. The van der Waals surface area contributed by atoms with Crippen molar-refractivity contribution in [1.29, 1.82) is 0 Å². The molecule has 7 heteroatoms. The van der Waals surface area contributed by atoms with Gasteiger partial charge in [-0.25, -0.2) is 0 Å². The topological polar surface area (TPSA) is 81.8 Å². The highest BCUT2D eigenvalue weighted by Crippen LogP contribution is 2.52. The van der Waals surface area contributed by atoms with Gasteiger partial charge in [0.1, 0.15) is 11.5 Å². The van der Waals surface area contributed by atoms with Crippen LogP contribution in [0.15, 0.2) is 49.1 Å². The van der Waals surface area contributed by atoms with Crippen molar-refractivity contribution in [2.75, 3.05) is 7.11 Å². The fourth-order valence-electron chi connectivity index (χ4n) is 3.40. The first-order chi connectivity index (χ1) is 12.8. The highest BCUT2D eigenvalue weighted by Gasteiger charge is 2.61. The largest absolute Gasteiger partial charge is 0.496 e. The number of rotatable bonds is 5. The van der Waals surface area contributed by atoms with Gasteiger partial charge in [-0.1, -0.05) is 30.3 Å². The number of ether oxygens (including phenoxy) is 2. The molecule has 1 heterocycles. The van der Waals surface area contributed by atoms with Crippen molar-refractivity contribution >= 4 is 11.6 Å². The second kappa shape index (κ2) is 7.21. The predicted molar refractivity (Wildman–Crippen MR) is 102 cm³/mol. The zero-order chi connectivity index (χ0) is 19.8. The Morgan fingerprint density at radius 1 is 1.44 bits per heavy atom. The number of hydrogen-bond acceptors (Lipinski definition) is 5. The van der Waals surface area contributed by atoms with Crippen LogP contribution in [0.25, 0.3) is 0 Å². The molecule has 142 valence electrons. The minimum absolute atomic E-state index is 0.294. The predicted octanol–water partition coefficient (Wildman–Crippen LogP) is 4.11. The number of fused-ring (bicyclic) bond motifs is 1. The van der Waals surface area contributed by atoms with Gasteiger partial charge in [0.05, 0.1) is 12.0 Å². The van der Waals surface area contributed by atoms with Crippen LogP contribution in [0.5, 0.6) is 11.5 Å². The number of hydrogen-bond donors (Lipinski definition) is 1. The first-order valence-corrected chi connectivity index (χ1v) is 8.77. The number of benzene rings is 2. The van der Waals surface area contributed by atoms with Crippen molar-refractivity contribution in [2.24, 2.45) is 0 Å². The number of halogens is 1. The Kier molecular flexibility index (Phi) is 5.13. The second-order valence-corrected chi connectivity index (χ2v) is 7.05. The molecule has 27 heavy (non-hydrogen) atoms. The summed E-state index contributed by atoms with van der Waals surface area (Å²) < 4.78 is 11.3. The van der Waals surface area contributed by atoms with Crippen LogP contribution < -0.4 is 9.47 Å². The lowest BCUT2D eigenvalue weighted by atomic mass is 9.87. The number of methoxy groups -OCH3 is 1. The Labute approximate surface area is 162 Å². The van der Waals surface area contributed by atoms with E-state index in [-0.39, 0.29) is 0 Å². The van der Waals surface area contributed by atoms with Crippen LogP contribution in [-0.4, -0.2) is 22.1 Å². The molecule has 2 aromatic rings. The molecule has 0 spiro atoms. The van der Waals surface area contributed by atoms with Crippen LogP contribution in [-0.2, 0) is 6.42 Å². The smallest absolute Gasteiger partial charge is 0.364 e. The van der Waals surface area contributed by atoms with Crippen LogP contribution in [0.2, 0.25) is 0 Å². The summed E-state index contributed by atoms with van der Waals surface area (Å²) in [6, 6.07) is 10.2. The van der Waals surface area contributed by atoms with Crippen LogP contribution in [0.3, 0.4) is 0 Å². The monoisotopic (exact) mass is 389 g/mol. The molecular weight excluding hydrogens is 370 g/mol. The molecule has 3 atom stereocenters. The third-order valence-electron chi connectivity index (χ3n) is 4.77. The maximum absolute atomic E-state index is 11.9. The summed E-state index contributed by atoms with van der Waals surface area (Å²) in [5.74, 6) is 1.05. The van der Waals surface area contributed by atoms with Crippen molar-refractivity contribution in [3.8, 4) is 11.5 Å². The maximum Gasteiger partial charge on any atom is 0.364 e. The van der Waals surface area contributed by atoms with E-state index >= 15 is 0 Å². The van der Waals surface area contributed by atoms with E-state index in [2.05, 4.69) is 6.58 Å². The molecule has 2 aromatic carbocycles. The van der Waals surface area contributed by atoms with E-state index in [9.17, 15) is 15.2 Å². The van der Waals surface area contributed by atoms with Crippen LogP contribution in [0, 0.1) is 17.0 Å². The van der Waals surface area contributed by atoms with E-state index in [4.69, 9.17) is 21.1 Å². The minimum atomic E-state index is -2.26. The van der Waals surface area contributed by atoms with Crippen LogP contribution >= 0.6 is 11.6 Å². The Hall–Kier alpha value is -2.57. The number of aliphatic hydroxyl groups is 1. The van der Waals surface area contributed by atoms with E-state index < -0.39 is 22.1 Å². The summed E-state index contributed by atoms with van der Waals surface area (Å²) in [5, 5.41) is 22.7. The molecular formula is C20H20ClNO5. The van der Waals surface area contributed by atoms with Gasteiger partial charge in [-0.3, -0.25) is 10.1 Å². The molecule has 0 amide bonds. The Morgan fingerprint density at radius 3 is 2.78 bits per heavy atom. The first-order valence-electron chi connectivity index (χ1n) is 8.39. The Balaban J connectivity index is 2.19. The molecule has 0 unspecified atom stereocenters. The number of alkyl halides is 1. The van der Waals surface area contributed by atoms with Gasteiger partial charge in [0, 0.05) is 11.1 Å². The van der Waals surface area contributed by atoms with E-state index in [1.54, 1.807) is 43.5 Å². The molecule has 0 bridgehead atoms. The third-order valence-corrected chi connectivity index (χ3v) is 5.32. The summed E-state index contributed by atoms with van der Waals surface area (Å²) in [7, 11) is 1.55. The molecule has 3 rings (SSSR count). The summed E-state index contributed by atoms with van der Waals surface area (Å²) >= 11 is 6.42. The van der Waals surface area contributed by atoms with Crippen LogP contribution in [0.1, 0.15) is 34.5 Å². The number of aryl methyl sites for hydroxylation is 1. The number of nitrogens with zero attached hydrogens (tertiary/aromatic N) is 1. The van der Waals surface area contributed by atoms with Gasteiger partial charge in [-0.2, -0.15) is 0 Å². The van der Waals surface area contributed by atoms with Gasteiger partial charge in [0.15, 0.2) is 6.10 Å². The highest BCUT2D eigenvalue weighted by molar-refractivity contribution is 6.23. The first kappa shape index (κ1) is 19.2. The fraction of sp³-hybridized carbons (Fsp3) is 0.300. The van der Waals surface area contributed by atoms with Gasteiger partial charge < -0.3 is 14.6 Å². The number of nitro groups is 1. The van der Waals surface area contributed by atoms with Crippen molar-refractivity contribution < 1.29 is 19.5 Å². The average Bonchev–Trinajstić information content (AvgIpc) is 2.65. The summed E-state index contributed by atoms with van der Waals surface area (Å²) in [5.41, 5.74) is 2.33. The third kappa shape index (κ3) is 3.05. The molecule has 0 aromatic heterocycles. The standard InChI is InChI=1S/C20H20ClNO5/c1-4-6-13-7-5-8-15-17(13)27-19(20(21,18(15)23)22(24)25)14-9-10-16(26-3)12(2)11-14/h4-5,7-11,18-19,23H,1,6H2,2-3H3/t18-,19-,20+/m0/s1. The molecule has 0 aliphatic carbocycles. The molecule has 0 fully saturated rings. The lowest BCUT2D eigenvalue weighted by Gasteiger charge is -2.38. The normalized spacial score (nSPS) is 23.9. The van der Waals surface area contributed by atoms with Crippen LogP contribution in [0.4, 0.5) is 0 Å². The Bertz CT molecular complexity index is 900. The van der Waals surface area contributed by atoms with E-state index in [0.29, 0.717) is 29.0 Å². The van der Waals surface area contributed by atoms with Crippen molar-refractivity contribution in [3.05, 3.63) is 81.4 Å². The van der Waals surface area contributed by atoms with Crippen molar-refractivity contribution in [1.82, 2.24) is 0 Å². The maximum atomic E-state index is 11.9. The number of allylic oxidation sites excluding steroid dienone is 1. The zero-order valence-corrected chi connectivity index (χ0v) is 15.8. The Morgan fingerprint density at radius 2 is 2.19 bits per heavy atom. The molecule has 0 saturated carbocycles. The minimum Gasteiger partial charge on any atom is -0.496 e. The lowest BCUT2D eigenvalue weighted by molar-refractivity contribution is -0.570. The molecule has 1 aliphatic heterocycles. The SMILES string of the molecule is C=CCc1cccc2c1O[C@@H](c1ccc(OC)c(C)c1)[C@](Cl)([N+](=O)[O-])[C@H]2O. The van der Waals surface area contributed by atoms with E-state index in [0.717, 1.165) is 11.1 Å². The molecule has 6 nitrogen and oxygen atoms in total. The number of para-hydroxylation sites is 1. The van der Waals surface area contributed by atoms with E-state index in [1.807, 2.05) is 13.0 Å². The molecule has 1 aliphatic rings. The van der Waals surface area contributed by atoms with E-state index in [1.165, 1.54) is 0 Å². The fourth-order valence-corrected chi connectivity index (χ4v) is 3.69. The zero-order valence-electron chi connectivity index (χ0n) is 15.0. The van der Waals surface area contributed by atoms with Gasteiger partial charge in [0.25, 0.3) is 0 Å². The van der Waals surface area contributed by atoms with Gasteiger partial charge in [-0.05, 0) is 48.2 Å². The number of aliphatic hydroxyl groups excluding tert-OH is 1. The van der Waals surface area contributed by atoms with Gasteiger partial charge >= 0.3 is 5.00 Å². The summed E-state index contributed by atoms with van der Waals surface area (Å²) in [6.45, 7) is 5.54. The quantitative estimate of drug-likeness (QED) is 0.273. The highest BCUT2D eigenvalue weighted by atomic mass is 35.5. The molecule has 0 saturated heterocycles. The average molecular weight is 390 g/mol. The summed E-state index contributed by atoms with van der Waals surface area (Å²) in [6.07, 6.45) is -0.534. The summed E-state index contributed by atoms with van der Waals surface area (Å²) in [4.78, 5) is 8.94. The van der Waals surface area contributed by atoms with Gasteiger partial charge in [-0.15, -0.1) is 6.58 Å². The van der Waals surface area contributed by atoms with Crippen molar-refractivity contribution in [3.63, 3.8) is 0 Å². The van der Waals surface area contributed by atoms with Crippen molar-refractivity contribution in [2.45, 2.75) is 30.6 Å².